The average molecular weight is 331 g/mol. The fourth-order valence-electron chi connectivity index (χ4n) is 1.24. The van der Waals surface area contributed by atoms with E-state index in [1.165, 1.54) is 11.8 Å². The van der Waals surface area contributed by atoms with Crippen LogP contribution in [0.3, 0.4) is 0 Å². The minimum Gasteiger partial charge on any atom is -0.437 e. The van der Waals surface area contributed by atoms with Crippen molar-refractivity contribution in [3.05, 3.63) is 18.8 Å². The Hall–Kier alpha value is 1.69. The molecule has 0 spiro atoms. The molecule has 3 heteroatoms. The van der Waals surface area contributed by atoms with Crippen LogP contribution in [0, 0.1) is 18.8 Å². The van der Waals surface area contributed by atoms with E-state index in [1.54, 1.807) is 0 Å². The van der Waals surface area contributed by atoms with Gasteiger partial charge in [-0.25, -0.2) is 0 Å². The molecule has 72 valence electrons. The molecule has 1 atom stereocenters. The van der Waals surface area contributed by atoms with Gasteiger partial charge in [0.2, 0.25) is 0 Å². The van der Waals surface area contributed by atoms with E-state index in [0.29, 0.717) is 0 Å². The first-order valence-corrected chi connectivity index (χ1v) is 3.70. The summed E-state index contributed by atoms with van der Waals surface area (Å²) in [6, 6.07) is 0. The molecule has 2 radical (unpaired) electrons. The van der Waals surface area contributed by atoms with Crippen molar-refractivity contribution in [2.75, 3.05) is 6.61 Å². The fraction of sp³-hybridized carbons (Fsp3) is 0.667. The molecule has 1 fully saturated rings. The number of hydrogen-bond donors (Lipinski definition) is 0. The molecule has 0 aliphatic carbocycles. The van der Waals surface area contributed by atoms with Gasteiger partial charge < -0.3 is 29.9 Å². The summed E-state index contributed by atoms with van der Waals surface area (Å²) in [6.07, 6.45) is 0.880. The van der Waals surface area contributed by atoms with Crippen LogP contribution in [0.15, 0.2) is 0 Å². The Balaban J connectivity index is 0. The summed E-state index contributed by atoms with van der Waals surface area (Å²) in [6.45, 7) is 11.1. The molecule has 1 saturated heterocycles. The maximum absolute atomic E-state index is 5.40. The van der Waals surface area contributed by atoms with Gasteiger partial charge in [0.15, 0.2) is 0 Å². The third-order valence-electron chi connectivity index (χ3n) is 2.31. The Morgan fingerprint density at radius 3 is 1.92 bits per heavy atom. The second-order valence-electron chi connectivity index (χ2n) is 3.15. The topological polar surface area (TPSA) is 12.5 Å². The largest absolute Gasteiger partial charge is 0.437 e. The van der Waals surface area contributed by atoms with E-state index < -0.39 is 0 Å². The molecule has 1 nitrogen and oxygen atoms in total. The third-order valence-corrected chi connectivity index (χ3v) is 2.31. The zero-order chi connectivity index (χ0) is 7.78. The molecule has 1 aliphatic heterocycles. The van der Waals surface area contributed by atoms with Crippen LogP contribution in [0.5, 0.6) is 0 Å². The Morgan fingerprint density at radius 1 is 1.42 bits per heavy atom. The van der Waals surface area contributed by atoms with Crippen molar-refractivity contribution in [2.24, 2.45) is 0 Å². The van der Waals surface area contributed by atoms with Crippen molar-refractivity contribution >= 4 is 0 Å². The first-order valence-electron chi connectivity index (χ1n) is 3.70. The van der Waals surface area contributed by atoms with Gasteiger partial charge in [0.25, 0.3) is 0 Å². The molecular weight excluding hydrogens is 316 g/mol. The molecule has 1 unspecified atom stereocenters. The van der Waals surface area contributed by atoms with Crippen LogP contribution < -0.4 is 0 Å². The molecule has 1 aliphatic rings. The monoisotopic (exact) mass is 331 g/mol. The second kappa shape index (κ2) is 6.22. The van der Waals surface area contributed by atoms with Crippen LogP contribution in [0.2, 0.25) is 0 Å². The molecule has 0 aromatic carbocycles. The van der Waals surface area contributed by atoms with Gasteiger partial charge in [-0.1, -0.05) is 0 Å². The van der Waals surface area contributed by atoms with Gasteiger partial charge >= 0.3 is 0 Å². The molecule has 12 heavy (non-hydrogen) atoms. The normalized spacial score (nSPS) is 26.5. The molecule has 0 saturated carbocycles. The first-order chi connectivity index (χ1) is 4.63. The van der Waals surface area contributed by atoms with E-state index in [0.717, 1.165) is 13.0 Å². The molecular formula is C9H15ORhY-3. The molecule has 0 N–H and O–H groups in total. The molecule has 1 heterocycles. The number of rotatable bonds is 3. The van der Waals surface area contributed by atoms with Gasteiger partial charge in [0.05, 0.1) is 0 Å². The van der Waals surface area contributed by atoms with E-state index >= 15 is 0 Å². The Morgan fingerprint density at radius 2 is 1.83 bits per heavy atom. The second-order valence-corrected chi connectivity index (χ2v) is 3.15. The van der Waals surface area contributed by atoms with E-state index in [1.807, 2.05) is 0 Å². The van der Waals surface area contributed by atoms with E-state index in [9.17, 15) is 0 Å². The SMILES string of the molecule is [CH2-]C[C-](C)C1([C-](C)C)CO1.[Rh].[Y]. The van der Waals surface area contributed by atoms with Gasteiger partial charge in [-0.3, -0.25) is 0 Å². The number of ether oxygens (including phenoxy) is 1. The number of epoxide rings is 1. The van der Waals surface area contributed by atoms with Crippen molar-refractivity contribution in [2.45, 2.75) is 32.8 Å². The zero-order valence-electron chi connectivity index (χ0n) is 7.94. The molecule has 0 aromatic heterocycles. The summed E-state index contributed by atoms with van der Waals surface area (Å²) in [7, 11) is 0. The maximum Gasteiger partial charge on any atom is 0.0149 e. The van der Waals surface area contributed by atoms with Gasteiger partial charge in [0, 0.05) is 58.8 Å². The van der Waals surface area contributed by atoms with Crippen LogP contribution in [0.4, 0.5) is 0 Å². The van der Waals surface area contributed by atoms with Crippen molar-refractivity contribution in [1.82, 2.24) is 0 Å². The minimum absolute atomic E-state index is 0. The minimum atomic E-state index is 0. The van der Waals surface area contributed by atoms with Gasteiger partial charge in [-0.15, -0.1) is 0 Å². The Kier molecular flexibility index (Phi) is 8.37. The maximum atomic E-state index is 5.40. The van der Waals surface area contributed by atoms with E-state index in [4.69, 9.17) is 4.74 Å². The molecule has 1 rings (SSSR count). The standard InChI is InChI=1S/C9H15O.Rh.Y/c1-5-8(4)9(6-10-9)7(2)3;;/h1,5-6H2,2-4H3;;/q-3;;. The van der Waals surface area contributed by atoms with Crippen molar-refractivity contribution in [3.8, 4) is 0 Å². The average Bonchev–Trinajstić information content (AvgIpc) is 2.65. The van der Waals surface area contributed by atoms with Gasteiger partial charge in [0.1, 0.15) is 0 Å². The quantitative estimate of drug-likeness (QED) is 0.439. The van der Waals surface area contributed by atoms with Crippen molar-refractivity contribution < 1.29 is 56.9 Å². The molecule has 0 amide bonds. The summed E-state index contributed by atoms with van der Waals surface area (Å²) < 4.78 is 5.40. The summed E-state index contributed by atoms with van der Waals surface area (Å²) >= 11 is 0. The van der Waals surface area contributed by atoms with Crippen molar-refractivity contribution in [1.29, 1.82) is 0 Å². The summed E-state index contributed by atoms with van der Waals surface area (Å²) in [4.78, 5) is 0. The molecule has 0 bridgehead atoms. The van der Waals surface area contributed by atoms with E-state index in [2.05, 4.69) is 27.7 Å². The fourth-order valence-corrected chi connectivity index (χ4v) is 1.24. The summed E-state index contributed by atoms with van der Waals surface area (Å²) in [5, 5.41) is 0. The summed E-state index contributed by atoms with van der Waals surface area (Å²) in [5.74, 6) is 2.71. The van der Waals surface area contributed by atoms with Gasteiger partial charge in [-0.05, 0) is 0 Å². The smallest absolute Gasteiger partial charge is 0.0149 e. The first kappa shape index (κ1) is 16.1. The van der Waals surface area contributed by atoms with Crippen LogP contribution in [0.25, 0.3) is 0 Å². The Bertz CT molecular complexity index is 124. The van der Waals surface area contributed by atoms with Crippen LogP contribution >= 0.6 is 0 Å². The predicted octanol–water partition coefficient (Wildman–Crippen LogP) is 2.18. The van der Waals surface area contributed by atoms with Gasteiger partial charge in [-0.2, -0.15) is 26.4 Å². The van der Waals surface area contributed by atoms with Crippen LogP contribution in [0.1, 0.15) is 27.2 Å². The van der Waals surface area contributed by atoms with Crippen LogP contribution in [-0.2, 0) is 56.9 Å². The summed E-state index contributed by atoms with van der Waals surface area (Å²) in [5.41, 5.74) is 0.0295. The predicted molar refractivity (Wildman–Crippen MR) is 42.2 cm³/mol. The van der Waals surface area contributed by atoms with Crippen molar-refractivity contribution in [3.63, 3.8) is 0 Å². The third kappa shape index (κ3) is 3.12. The Labute approximate surface area is 114 Å². The number of hydrogen-bond acceptors (Lipinski definition) is 1. The zero-order valence-corrected chi connectivity index (χ0v) is 12.4. The molecule has 0 aromatic rings. The van der Waals surface area contributed by atoms with Crippen LogP contribution in [-0.4, -0.2) is 12.2 Å². The van der Waals surface area contributed by atoms with E-state index in [-0.39, 0.29) is 57.8 Å².